The van der Waals surface area contributed by atoms with Crippen molar-refractivity contribution in [2.45, 2.75) is 19.9 Å². The lowest BCUT2D eigenvalue weighted by molar-refractivity contribution is -0.144. The number of ether oxygens (including phenoxy) is 2. The quantitative estimate of drug-likeness (QED) is 0.738. The number of carbonyl (C=O) groups excluding carboxylic acids is 2. The molecule has 2 rings (SSSR count). The summed E-state index contributed by atoms with van der Waals surface area (Å²) in [6, 6.07) is 16.2. The predicted octanol–water partition coefficient (Wildman–Crippen LogP) is 3.83. The molecule has 0 fully saturated rings. The summed E-state index contributed by atoms with van der Waals surface area (Å²) >= 11 is 0. The van der Waals surface area contributed by atoms with Crippen molar-refractivity contribution in [3.8, 4) is 6.07 Å². The largest absolute Gasteiger partial charge is 0.464 e. The van der Waals surface area contributed by atoms with Crippen LogP contribution in [0.1, 0.15) is 31.0 Å². The number of para-hydroxylation sites is 1. The molecule has 0 N–H and O–H groups in total. The van der Waals surface area contributed by atoms with E-state index < -0.39 is 18.1 Å². The lowest BCUT2D eigenvalue weighted by atomic mass is 10.0. The van der Waals surface area contributed by atoms with Crippen LogP contribution in [0.5, 0.6) is 0 Å². The fourth-order valence-electron chi connectivity index (χ4n) is 2.49. The molecule has 0 heterocycles. The Labute approximate surface area is 152 Å². The molecule has 0 radical (unpaired) electrons. The third-order valence-corrected chi connectivity index (χ3v) is 3.62. The van der Waals surface area contributed by atoms with Crippen molar-refractivity contribution < 1.29 is 19.1 Å². The van der Waals surface area contributed by atoms with E-state index in [0.29, 0.717) is 16.8 Å². The van der Waals surface area contributed by atoms with Gasteiger partial charge in [0.25, 0.3) is 0 Å². The first-order valence-electron chi connectivity index (χ1n) is 8.30. The highest BCUT2D eigenvalue weighted by molar-refractivity contribution is 5.96. The minimum atomic E-state index is -1.02. The Morgan fingerprint density at radius 2 is 1.62 bits per heavy atom. The van der Waals surface area contributed by atoms with Crippen molar-refractivity contribution in [1.82, 2.24) is 0 Å². The van der Waals surface area contributed by atoms with Crippen molar-refractivity contribution in [1.29, 1.82) is 5.26 Å². The molecule has 2 aromatic rings. The Bertz CT molecular complexity index is 782. The maximum atomic E-state index is 12.7. The van der Waals surface area contributed by atoms with E-state index in [9.17, 15) is 9.59 Å². The fraction of sp³-hybridized carbons (Fsp3) is 0.250. The number of anilines is 1. The van der Waals surface area contributed by atoms with Gasteiger partial charge in [0.1, 0.15) is 0 Å². The van der Waals surface area contributed by atoms with E-state index >= 15 is 0 Å². The summed E-state index contributed by atoms with van der Waals surface area (Å²) in [5.41, 5.74) is 1.49. The van der Waals surface area contributed by atoms with Gasteiger partial charge < -0.3 is 9.47 Å². The molecule has 0 aliphatic rings. The minimum absolute atomic E-state index is 0.172. The summed E-state index contributed by atoms with van der Waals surface area (Å²) in [6.07, 6.45) is -0.652. The van der Waals surface area contributed by atoms with Gasteiger partial charge in [-0.25, -0.2) is 9.59 Å². The Morgan fingerprint density at radius 3 is 2.15 bits per heavy atom. The lowest BCUT2D eigenvalue weighted by Gasteiger charge is -2.29. The number of esters is 1. The van der Waals surface area contributed by atoms with Crippen LogP contribution in [0.3, 0.4) is 0 Å². The summed E-state index contributed by atoms with van der Waals surface area (Å²) in [7, 11) is 0. The molecule has 134 valence electrons. The van der Waals surface area contributed by atoms with Gasteiger partial charge in [-0.15, -0.1) is 0 Å². The molecule has 0 bridgehead atoms. The molecule has 0 saturated heterocycles. The molecule has 0 aliphatic carbocycles. The van der Waals surface area contributed by atoms with E-state index in [4.69, 9.17) is 14.7 Å². The van der Waals surface area contributed by atoms with Gasteiger partial charge >= 0.3 is 12.1 Å². The third kappa shape index (κ3) is 4.39. The second kappa shape index (κ2) is 9.23. The molecule has 0 unspecified atom stereocenters. The van der Waals surface area contributed by atoms with Gasteiger partial charge in [0.05, 0.1) is 24.8 Å². The standard InChI is InChI=1S/C20H20N2O4/c1-3-25-19(23)18(16-12-10-15(14-21)11-13-16)22(20(24)26-4-2)17-8-6-5-7-9-17/h5-13,18H,3-4H2,1-2H3/t18-/m0/s1. The van der Waals surface area contributed by atoms with Crippen LogP contribution in [-0.2, 0) is 14.3 Å². The first kappa shape index (κ1) is 19.0. The van der Waals surface area contributed by atoms with Crippen LogP contribution in [-0.4, -0.2) is 25.3 Å². The zero-order chi connectivity index (χ0) is 18.9. The van der Waals surface area contributed by atoms with Gasteiger partial charge in [-0.1, -0.05) is 30.3 Å². The number of hydrogen-bond acceptors (Lipinski definition) is 5. The van der Waals surface area contributed by atoms with Gasteiger partial charge in [-0.05, 0) is 43.7 Å². The molecule has 0 aromatic heterocycles. The first-order valence-corrected chi connectivity index (χ1v) is 8.30. The molecule has 1 amide bonds. The Balaban J connectivity index is 2.55. The number of rotatable bonds is 6. The van der Waals surface area contributed by atoms with E-state index in [1.165, 1.54) is 4.90 Å². The van der Waals surface area contributed by atoms with Crippen molar-refractivity contribution in [3.63, 3.8) is 0 Å². The average Bonchev–Trinajstić information content (AvgIpc) is 2.67. The number of nitriles is 1. The van der Waals surface area contributed by atoms with Gasteiger partial charge in [-0.2, -0.15) is 5.26 Å². The Hall–Kier alpha value is -3.33. The molecule has 6 nitrogen and oxygen atoms in total. The van der Waals surface area contributed by atoms with Crippen LogP contribution < -0.4 is 4.90 Å². The van der Waals surface area contributed by atoms with E-state index in [-0.39, 0.29) is 13.2 Å². The normalized spacial score (nSPS) is 11.1. The van der Waals surface area contributed by atoms with E-state index in [0.717, 1.165) is 0 Å². The molecular formula is C20H20N2O4. The maximum absolute atomic E-state index is 12.7. The molecule has 0 aliphatic heterocycles. The smallest absolute Gasteiger partial charge is 0.415 e. The van der Waals surface area contributed by atoms with Gasteiger partial charge in [0, 0.05) is 5.69 Å². The zero-order valence-electron chi connectivity index (χ0n) is 14.7. The van der Waals surface area contributed by atoms with Crippen molar-refractivity contribution in [2.75, 3.05) is 18.1 Å². The molecule has 26 heavy (non-hydrogen) atoms. The molecule has 0 spiro atoms. The number of hydrogen-bond donors (Lipinski definition) is 0. The monoisotopic (exact) mass is 352 g/mol. The first-order chi connectivity index (χ1) is 12.6. The van der Waals surface area contributed by atoms with Crippen LogP contribution in [0.4, 0.5) is 10.5 Å². The van der Waals surface area contributed by atoms with Crippen LogP contribution in [0, 0.1) is 11.3 Å². The molecule has 6 heteroatoms. The van der Waals surface area contributed by atoms with E-state index in [2.05, 4.69) is 0 Å². The topological polar surface area (TPSA) is 79.6 Å². The minimum Gasteiger partial charge on any atom is -0.464 e. The van der Waals surface area contributed by atoms with E-state index in [1.807, 2.05) is 12.1 Å². The molecule has 2 aromatic carbocycles. The van der Waals surface area contributed by atoms with Crippen LogP contribution in [0.2, 0.25) is 0 Å². The second-order valence-electron chi connectivity index (χ2n) is 5.29. The van der Waals surface area contributed by atoms with Crippen LogP contribution in [0.25, 0.3) is 0 Å². The fourth-order valence-corrected chi connectivity index (χ4v) is 2.49. The zero-order valence-corrected chi connectivity index (χ0v) is 14.7. The molecule has 1 atom stereocenters. The average molecular weight is 352 g/mol. The number of nitrogens with zero attached hydrogens (tertiary/aromatic N) is 2. The summed E-state index contributed by atoms with van der Waals surface area (Å²) < 4.78 is 10.4. The van der Waals surface area contributed by atoms with Crippen molar-refractivity contribution in [3.05, 3.63) is 65.7 Å². The van der Waals surface area contributed by atoms with Crippen molar-refractivity contribution in [2.24, 2.45) is 0 Å². The van der Waals surface area contributed by atoms with Gasteiger partial charge in [-0.3, -0.25) is 4.90 Å². The van der Waals surface area contributed by atoms with E-state index in [1.54, 1.807) is 62.4 Å². The Morgan fingerprint density at radius 1 is 1.00 bits per heavy atom. The number of amides is 1. The highest BCUT2D eigenvalue weighted by atomic mass is 16.6. The lowest BCUT2D eigenvalue weighted by Crippen LogP contribution is -2.40. The molecule has 0 saturated carbocycles. The molecular weight excluding hydrogens is 332 g/mol. The summed E-state index contributed by atoms with van der Waals surface area (Å²) in [6.45, 7) is 3.75. The van der Waals surface area contributed by atoms with Crippen LogP contribution >= 0.6 is 0 Å². The summed E-state index contributed by atoms with van der Waals surface area (Å²) in [4.78, 5) is 26.6. The maximum Gasteiger partial charge on any atom is 0.415 e. The van der Waals surface area contributed by atoms with Gasteiger partial charge in [0.2, 0.25) is 0 Å². The highest BCUT2D eigenvalue weighted by Gasteiger charge is 2.34. The summed E-state index contributed by atoms with van der Waals surface area (Å²) in [5.74, 6) is -0.575. The SMILES string of the molecule is CCOC(=O)[C@H](c1ccc(C#N)cc1)N(C(=O)OCC)c1ccccc1. The number of benzene rings is 2. The van der Waals surface area contributed by atoms with Crippen molar-refractivity contribution >= 4 is 17.7 Å². The highest BCUT2D eigenvalue weighted by Crippen LogP contribution is 2.29. The number of carbonyl (C=O) groups is 2. The predicted molar refractivity (Wildman–Crippen MR) is 96.5 cm³/mol. The third-order valence-electron chi connectivity index (χ3n) is 3.62. The second-order valence-corrected chi connectivity index (χ2v) is 5.29. The summed E-state index contributed by atoms with van der Waals surface area (Å²) in [5, 5.41) is 8.98. The Kier molecular flexibility index (Phi) is 6.75. The van der Waals surface area contributed by atoms with Gasteiger partial charge in [0.15, 0.2) is 6.04 Å². The van der Waals surface area contributed by atoms with Crippen LogP contribution in [0.15, 0.2) is 54.6 Å².